The van der Waals surface area contributed by atoms with Crippen molar-refractivity contribution in [1.29, 1.82) is 0 Å². The molecule has 0 spiro atoms. The highest BCUT2D eigenvalue weighted by atomic mass is 19.4. The van der Waals surface area contributed by atoms with E-state index >= 15 is 0 Å². The number of aromatic nitrogens is 1. The van der Waals surface area contributed by atoms with Gasteiger partial charge in [-0.05, 0) is 81.7 Å². The number of hydrogen-bond acceptors (Lipinski definition) is 5. The number of rotatable bonds is 9. The number of likely N-dealkylation sites (tertiary alicyclic amines) is 1. The second-order valence-corrected chi connectivity index (χ2v) is 10.4. The van der Waals surface area contributed by atoms with Gasteiger partial charge in [0.25, 0.3) is 0 Å². The fourth-order valence-corrected chi connectivity index (χ4v) is 5.00. The molecule has 8 nitrogen and oxygen atoms in total. The number of piperidine rings is 1. The Bertz CT molecular complexity index is 1480. The van der Waals surface area contributed by atoms with Crippen LogP contribution in [0.3, 0.4) is 0 Å². The van der Waals surface area contributed by atoms with Crippen LogP contribution < -0.4 is 20.7 Å². The molecule has 0 radical (unpaired) electrons. The number of benzene rings is 2. The van der Waals surface area contributed by atoms with Crippen molar-refractivity contribution in [3.05, 3.63) is 53.7 Å². The number of nitrogens with one attached hydrogen (secondary N) is 3. The fraction of sp³-hybridized carbons (Fsp3) is 0.419. The average molecular weight is 584 g/mol. The lowest BCUT2D eigenvalue weighted by Gasteiger charge is -2.29. The van der Waals surface area contributed by atoms with Gasteiger partial charge in [0, 0.05) is 23.4 Å². The minimum absolute atomic E-state index is 0.0211. The first-order valence-corrected chi connectivity index (χ1v) is 14.0. The Labute approximate surface area is 243 Å². The quantitative estimate of drug-likeness (QED) is 0.217. The zero-order chi connectivity index (χ0) is 30.3. The highest BCUT2D eigenvalue weighted by Crippen LogP contribution is 2.30. The molecule has 3 aromatic rings. The maximum Gasteiger partial charge on any atom is 0.406 e. The van der Waals surface area contributed by atoms with E-state index in [1.165, 1.54) is 7.11 Å². The molecule has 1 saturated heterocycles. The molecule has 1 fully saturated rings. The summed E-state index contributed by atoms with van der Waals surface area (Å²) in [5.74, 6) is 6.23. The van der Waals surface area contributed by atoms with E-state index in [0.29, 0.717) is 40.0 Å². The molecule has 0 saturated carbocycles. The normalized spacial score (nSPS) is 14.2. The predicted octanol–water partition coefficient (Wildman–Crippen LogP) is 5.87. The minimum Gasteiger partial charge on any atom is -0.495 e. The van der Waals surface area contributed by atoms with E-state index in [2.05, 4.69) is 32.7 Å². The molecule has 4 rings (SSSR count). The Morgan fingerprint density at radius 2 is 1.86 bits per heavy atom. The lowest BCUT2D eigenvalue weighted by Crippen LogP contribution is -2.44. The molecule has 0 bridgehead atoms. The standard InChI is InChI=1S/C31H36F3N5O3/c1-4-7-28(40)21-11-12-26(29(18-21)42-3)35-15-6-8-23-19-24-25(9-5-10-27(24)39(23)20-31(32,33)34)37-30(41)36-22-13-16-38(2)17-14-22/h5,9-12,18-19,22,35H,4,7,13-17,20H2,1-3H3,(H2,36,37,41). The highest BCUT2D eigenvalue weighted by molar-refractivity contribution is 6.01. The lowest BCUT2D eigenvalue weighted by atomic mass is 10.1. The summed E-state index contributed by atoms with van der Waals surface area (Å²) in [4.78, 5) is 27.1. The summed E-state index contributed by atoms with van der Waals surface area (Å²) in [6.07, 6.45) is -1.63. The molecule has 3 N–H and O–H groups in total. The third-order valence-corrected chi connectivity index (χ3v) is 7.17. The molecule has 2 amide bonds. The monoisotopic (exact) mass is 583 g/mol. The van der Waals surface area contributed by atoms with Gasteiger partial charge in [-0.3, -0.25) is 4.79 Å². The minimum atomic E-state index is -4.47. The first-order valence-electron chi connectivity index (χ1n) is 14.0. The lowest BCUT2D eigenvalue weighted by molar-refractivity contribution is -0.140. The molecule has 2 aromatic carbocycles. The van der Waals surface area contributed by atoms with Crippen LogP contribution in [0.2, 0.25) is 0 Å². The van der Waals surface area contributed by atoms with E-state index in [4.69, 9.17) is 4.74 Å². The van der Waals surface area contributed by atoms with Gasteiger partial charge in [-0.1, -0.05) is 18.9 Å². The van der Waals surface area contributed by atoms with Gasteiger partial charge in [0.1, 0.15) is 12.3 Å². The topological polar surface area (TPSA) is 87.6 Å². The van der Waals surface area contributed by atoms with Gasteiger partial charge in [0.05, 0.1) is 36.2 Å². The molecule has 0 unspecified atom stereocenters. The van der Waals surface area contributed by atoms with Gasteiger partial charge in [0.15, 0.2) is 5.78 Å². The maximum atomic E-state index is 13.6. The second-order valence-electron chi connectivity index (χ2n) is 10.4. The average Bonchev–Trinajstić information content (AvgIpc) is 3.29. The number of amides is 2. The van der Waals surface area contributed by atoms with Crippen molar-refractivity contribution >= 4 is 34.1 Å². The molecular weight excluding hydrogens is 547 g/mol. The first kappa shape index (κ1) is 30.8. The van der Waals surface area contributed by atoms with Crippen LogP contribution in [0.1, 0.15) is 48.7 Å². The van der Waals surface area contributed by atoms with Crippen LogP contribution in [0.25, 0.3) is 10.9 Å². The highest BCUT2D eigenvalue weighted by Gasteiger charge is 2.30. The number of ketones is 1. The molecule has 0 atom stereocenters. The molecule has 1 aliphatic rings. The van der Waals surface area contributed by atoms with Gasteiger partial charge in [-0.15, -0.1) is 0 Å². The van der Waals surface area contributed by atoms with E-state index in [1.807, 2.05) is 14.0 Å². The Morgan fingerprint density at radius 3 is 2.55 bits per heavy atom. The summed E-state index contributed by atoms with van der Waals surface area (Å²) in [5, 5.41) is 9.35. The summed E-state index contributed by atoms with van der Waals surface area (Å²) in [5.41, 5.74) is 2.05. The summed E-state index contributed by atoms with van der Waals surface area (Å²) in [6.45, 7) is 2.60. The van der Waals surface area contributed by atoms with Crippen molar-refractivity contribution in [2.75, 3.05) is 44.4 Å². The zero-order valence-electron chi connectivity index (χ0n) is 24.0. The van der Waals surface area contributed by atoms with E-state index in [0.717, 1.165) is 36.9 Å². The van der Waals surface area contributed by atoms with E-state index in [1.54, 1.807) is 42.5 Å². The molecule has 0 aliphatic carbocycles. The van der Waals surface area contributed by atoms with Crippen LogP contribution >= 0.6 is 0 Å². The summed E-state index contributed by atoms with van der Waals surface area (Å²) < 4.78 is 47.2. The third kappa shape index (κ3) is 7.97. The molecule has 42 heavy (non-hydrogen) atoms. The third-order valence-electron chi connectivity index (χ3n) is 7.17. The van der Waals surface area contributed by atoms with Crippen LogP contribution in [0.5, 0.6) is 5.75 Å². The molecule has 11 heteroatoms. The van der Waals surface area contributed by atoms with Crippen molar-refractivity contribution in [2.45, 2.75) is 51.4 Å². The molecule has 2 heterocycles. The van der Waals surface area contributed by atoms with Crippen molar-refractivity contribution in [3.63, 3.8) is 0 Å². The number of fused-ring (bicyclic) bond motifs is 1. The number of carbonyl (C=O) groups excluding carboxylic acids is 2. The molecular formula is C31H36F3N5O3. The Kier molecular flexibility index (Phi) is 10.0. The maximum absolute atomic E-state index is 13.6. The zero-order valence-corrected chi connectivity index (χ0v) is 24.0. The van der Waals surface area contributed by atoms with Gasteiger partial charge in [-0.2, -0.15) is 13.2 Å². The van der Waals surface area contributed by atoms with Crippen LogP contribution in [0, 0.1) is 11.8 Å². The van der Waals surface area contributed by atoms with Gasteiger partial charge < -0.3 is 30.2 Å². The number of carbonyl (C=O) groups is 2. The molecule has 1 aromatic heterocycles. The molecule has 1 aliphatic heterocycles. The second kappa shape index (κ2) is 13.7. The van der Waals surface area contributed by atoms with Crippen molar-refractivity contribution < 1.29 is 27.5 Å². The number of halogens is 3. The van der Waals surface area contributed by atoms with Crippen molar-refractivity contribution in [2.24, 2.45) is 0 Å². The first-order chi connectivity index (χ1) is 20.1. The number of Topliss-reactive ketones (excluding diaryl/α,β-unsaturated/α-hetero) is 1. The summed E-state index contributed by atoms with van der Waals surface area (Å²) in [7, 11) is 3.53. The number of methoxy groups -OCH3 is 1. The van der Waals surface area contributed by atoms with Crippen LogP contribution in [-0.4, -0.2) is 67.3 Å². The Morgan fingerprint density at radius 1 is 1.10 bits per heavy atom. The number of hydrogen-bond donors (Lipinski definition) is 3. The number of nitrogens with zero attached hydrogens (tertiary/aromatic N) is 2. The smallest absolute Gasteiger partial charge is 0.406 e. The number of anilines is 2. The van der Waals surface area contributed by atoms with E-state index in [-0.39, 0.29) is 24.1 Å². The Hall–Kier alpha value is -4.17. The van der Waals surface area contributed by atoms with E-state index < -0.39 is 18.8 Å². The Balaban J connectivity index is 1.53. The van der Waals surface area contributed by atoms with Gasteiger partial charge in [-0.25, -0.2) is 4.79 Å². The molecule has 224 valence electrons. The number of ether oxygens (including phenoxy) is 1. The van der Waals surface area contributed by atoms with Crippen LogP contribution in [0.4, 0.5) is 29.3 Å². The van der Waals surface area contributed by atoms with Crippen LogP contribution in [-0.2, 0) is 6.54 Å². The SMILES string of the molecule is CCCC(=O)c1ccc(NCC#Cc2cc3c(NC(=O)NC4CCN(C)CC4)cccc3n2CC(F)(F)F)c(OC)c1. The largest absolute Gasteiger partial charge is 0.495 e. The fourth-order valence-electron chi connectivity index (χ4n) is 5.00. The summed E-state index contributed by atoms with van der Waals surface area (Å²) >= 11 is 0. The number of urea groups is 1. The van der Waals surface area contributed by atoms with Gasteiger partial charge in [0.2, 0.25) is 0 Å². The van der Waals surface area contributed by atoms with E-state index in [9.17, 15) is 22.8 Å². The van der Waals surface area contributed by atoms with Crippen molar-refractivity contribution in [3.8, 4) is 17.6 Å². The number of alkyl halides is 3. The van der Waals surface area contributed by atoms with Crippen LogP contribution in [0.15, 0.2) is 42.5 Å². The van der Waals surface area contributed by atoms with Gasteiger partial charge >= 0.3 is 12.2 Å². The van der Waals surface area contributed by atoms with Crippen molar-refractivity contribution in [1.82, 2.24) is 14.8 Å². The summed E-state index contributed by atoms with van der Waals surface area (Å²) in [6, 6.07) is 11.1. The predicted molar refractivity (Wildman–Crippen MR) is 158 cm³/mol.